The standard InChI is InChI=1S/C12H11ClN4O3/c1-20-10-3-2-7(13)4-9(10)15-12-6-8(17(18)19)5-11(14)16-12/h2-6H,1H3,(H3,14,15,16). The van der Waals surface area contributed by atoms with Crippen LogP contribution in [0.25, 0.3) is 0 Å². The monoisotopic (exact) mass is 294 g/mol. The van der Waals surface area contributed by atoms with Gasteiger partial charge in [-0.15, -0.1) is 0 Å². The van der Waals surface area contributed by atoms with Crippen LogP contribution in [-0.4, -0.2) is 17.0 Å². The maximum absolute atomic E-state index is 10.8. The molecule has 1 aromatic carbocycles. The smallest absolute Gasteiger partial charge is 0.276 e. The third-order valence-corrected chi connectivity index (χ3v) is 2.70. The van der Waals surface area contributed by atoms with Crippen molar-refractivity contribution >= 4 is 34.6 Å². The Kier molecular flexibility index (Phi) is 3.90. The van der Waals surface area contributed by atoms with E-state index in [9.17, 15) is 10.1 Å². The summed E-state index contributed by atoms with van der Waals surface area (Å²) in [5.74, 6) is 0.807. The molecule has 3 N–H and O–H groups in total. The average Bonchev–Trinajstić information content (AvgIpc) is 2.38. The summed E-state index contributed by atoms with van der Waals surface area (Å²) in [6.07, 6.45) is 0. The largest absolute Gasteiger partial charge is 0.495 e. The molecule has 0 spiro atoms. The number of anilines is 3. The molecule has 0 amide bonds. The van der Waals surface area contributed by atoms with Gasteiger partial charge in [-0.2, -0.15) is 0 Å². The fourth-order valence-electron chi connectivity index (χ4n) is 1.62. The number of nitrogen functional groups attached to an aromatic ring is 1. The highest BCUT2D eigenvalue weighted by Gasteiger charge is 2.11. The van der Waals surface area contributed by atoms with E-state index < -0.39 is 4.92 Å². The molecule has 104 valence electrons. The first-order valence-electron chi connectivity index (χ1n) is 5.52. The number of nitrogens with one attached hydrogen (secondary N) is 1. The molecule has 2 aromatic rings. The molecule has 0 saturated carbocycles. The van der Waals surface area contributed by atoms with Crippen molar-refractivity contribution in [3.8, 4) is 5.75 Å². The summed E-state index contributed by atoms with van der Waals surface area (Å²) in [5, 5.41) is 14.2. The van der Waals surface area contributed by atoms with E-state index in [0.717, 1.165) is 0 Å². The molecule has 0 saturated heterocycles. The van der Waals surface area contributed by atoms with E-state index in [1.54, 1.807) is 18.2 Å². The molecule has 1 heterocycles. The molecule has 7 nitrogen and oxygen atoms in total. The molecule has 0 aliphatic carbocycles. The lowest BCUT2D eigenvalue weighted by Crippen LogP contribution is -2.01. The van der Waals surface area contributed by atoms with Crippen molar-refractivity contribution < 1.29 is 9.66 Å². The van der Waals surface area contributed by atoms with Crippen molar-refractivity contribution in [1.29, 1.82) is 0 Å². The zero-order valence-corrected chi connectivity index (χ0v) is 11.2. The van der Waals surface area contributed by atoms with Gasteiger partial charge >= 0.3 is 0 Å². The summed E-state index contributed by atoms with van der Waals surface area (Å²) >= 11 is 5.90. The third-order valence-electron chi connectivity index (χ3n) is 2.47. The van der Waals surface area contributed by atoms with Crippen molar-refractivity contribution in [2.45, 2.75) is 0 Å². The summed E-state index contributed by atoms with van der Waals surface area (Å²) in [7, 11) is 1.50. The Morgan fingerprint density at radius 2 is 2.15 bits per heavy atom. The Hall–Kier alpha value is -2.54. The molecular weight excluding hydrogens is 284 g/mol. The molecule has 2 rings (SSSR count). The number of methoxy groups -OCH3 is 1. The fourth-order valence-corrected chi connectivity index (χ4v) is 1.79. The predicted molar refractivity (Wildman–Crippen MR) is 76.6 cm³/mol. The number of hydrogen-bond donors (Lipinski definition) is 2. The Morgan fingerprint density at radius 3 is 2.80 bits per heavy atom. The second kappa shape index (κ2) is 5.62. The van der Waals surface area contributed by atoms with Gasteiger partial charge in [0.25, 0.3) is 5.69 Å². The number of pyridine rings is 1. The molecule has 0 atom stereocenters. The summed E-state index contributed by atoms with van der Waals surface area (Å²) < 4.78 is 5.17. The highest BCUT2D eigenvalue weighted by Crippen LogP contribution is 2.31. The second-order valence-corrected chi connectivity index (χ2v) is 4.30. The fraction of sp³-hybridized carbons (Fsp3) is 0.0833. The van der Waals surface area contributed by atoms with E-state index in [1.807, 2.05) is 0 Å². The zero-order chi connectivity index (χ0) is 14.7. The number of benzene rings is 1. The average molecular weight is 295 g/mol. The maximum atomic E-state index is 10.8. The molecule has 0 aliphatic rings. The van der Waals surface area contributed by atoms with Gasteiger partial charge in [0.2, 0.25) is 0 Å². The number of nitro groups is 1. The Bertz CT molecular complexity index is 663. The van der Waals surface area contributed by atoms with Crippen LogP contribution in [0, 0.1) is 10.1 Å². The van der Waals surface area contributed by atoms with Gasteiger partial charge in [0.05, 0.1) is 29.9 Å². The quantitative estimate of drug-likeness (QED) is 0.663. The van der Waals surface area contributed by atoms with E-state index in [-0.39, 0.29) is 17.3 Å². The van der Waals surface area contributed by atoms with Gasteiger partial charge < -0.3 is 15.8 Å². The normalized spacial score (nSPS) is 10.1. The van der Waals surface area contributed by atoms with Crippen LogP contribution in [0.4, 0.5) is 23.0 Å². The van der Waals surface area contributed by atoms with Crippen LogP contribution in [0.3, 0.4) is 0 Å². The highest BCUT2D eigenvalue weighted by atomic mass is 35.5. The summed E-state index contributed by atoms with van der Waals surface area (Å²) in [5.41, 5.74) is 5.92. The summed E-state index contributed by atoms with van der Waals surface area (Å²) in [6.45, 7) is 0. The lowest BCUT2D eigenvalue weighted by Gasteiger charge is -2.11. The number of nitrogens with zero attached hydrogens (tertiary/aromatic N) is 2. The van der Waals surface area contributed by atoms with E-state index in [0.29, 0.717) is 16.5 Å². The van der Waals surface area contributed by atoms with Crippen molar-refractivity contribution in [2.24, 2.45) is 0 Å². The van der Waals surface area contributed by atoms with Crippen LogP contribution in [0.5, 0.6) is 5.75 Å². The Morgan fingerprint density at radius 1 is 1.40 bits per heavy atom. The van der Waals surface area contributed by atoms with Crippen LogP contribution in [0.1, 0.15) is 0 Å². The van der Waals surface area contributed by atoms with Gasteiger partial charge in [0.1, 0.15) is 17.4 Å². The van der Waals surface area contributed by atoms with Crippen molar-refractivity contribution in [3.63, 3.8) is 0 Å². The number of nitrogens with two attached hydrogens (primary N) is 1. The van der Waals surface area contributed by atoms with Crippen LogP contribution >= 0.6 is 11.6 Å². The first-order chi connectivity index (χ1) is 9.49. The molecule has 0 aliphatic heterocycles. The van der Waals surface area contributed by atoms with Gasteiger partial charge in [0, 0.05) is 5.02 Å². The van der Waals surface area contributed by atoms with E-state index >= 15 is 0 Å². The lowest BCUT2D eigenvalue weighted by molar-refractivity contribution is -0.384. The van der Waals surface area contributed by atoms with Gasteiger partial charge in [-0.25, -0.2) is 4.98 Å². The number of rotatable bonds is 4. The van der Waals surface area contributed by atoms with E-state index in [1.165, 1.54) is 19.2 Å². The summed E-state index contributed by atoms with van der Waals surface area (Å²) in [4.78, 5) is 14.2. The van der Waals surface area contributed by atoms with Gasteiger partial charge in [-0.05, 0) is 18.2 Å². The van der Waals surface area contributed by atoms with Gasteiger partial charge in [-0.1, -0.05) is 11.6 Å². The predicted octanol–water partition coefficient (Wildman–Crippen LogP) is 2.98. The molecule has 0 radical (unpaired) electrons. The first kappa shape index (κ1) is 13.9. The Labute approximate surface area is 119 Å². The van der Waals surface area contributed by atoms with Crippen LogP contribution < -0.4 is 15.8 Å². The topological polar surface area (TPSA) is 103 Å². The lowest BCUT2D eigenvalue weighted by atomic mass is 10.3. The van der Waals surface area contributed by atoms with Crippen molar-refractivity contribution in [1.82, 2.24) is 4.98 Å². The van der Waals surface area contributed by atoms with Crippen LogP contribution in [-0.2, 0) is 0 Å². The second-order valence-electron chi connectivity index (χ2n) is 3.86. The minimum Gasteiger partial charge on any atom is -0.495 e. The summed E-state index contributed by atoms with van der Waals surface area (Å²) in [6, 6.07) is 7.42. The number of hydrogen-bond acceptors (Lipinski definition) is 6. The Balaban J connectivity index is 2.39. The molecular formula is C12H11ClN4O3. The minimum atomic E-state index is -0.543. The molecule has 1 aromatic heterocycles. The molecule has 0 unspecified atom stereocenters. The van der Waals surface area contributed by atoms with Gasteiger partial charge in [0.15, 0.2) is 0 Å². The van der Waals surface area contributed by atoms with Crippen LogP contribution in [0.15, 0.2) is 30.3 Å². The molecule has 0 fully saturated rings. The number of ether oxygens (including phenoxy) is 1. The first-order valence-corrected chi connectivity index (χ1v) is 5.90. The molecule has 0 bridgehead atoms. The van der Waals surface area contributed by atoms with Gasteiger partial charge in [-0.3, -0.25) is 10.1 Å². The molecule has 8 heteroatoms. The van der Waals surface area contributed by atoms with Crippen LogP contribution in [0.2, 0.25) is 5.02 Å². The minimum absolute atomic E-state index is 0.0442. The van der Waals surface area contributed by atoms with E-state index in [4.69, 9.17) is 22.1 Å². The number of aromatic nitrogens is 1. The maximum Gasteiger partial charge on any atom is 0.276 e. The third kappa shape index (κ3) is 3.07. The van der Waals surface area contributed by atoms with Crippen molar-refractivity contribution in [3.05, 3.63) is 45.5 Å². The zero-order valence-electron chi connectivity index (χ0n) is 10.5. The molecule has 20 heavy (non-hydrogen) atoms. The SMILES string of the molecule is COc1ccc(Cl)cc1Nc1cc([N+](=O)[O-])cc(N)n1. The van der Waals surface area contributed by atoms with Crippen molar-refractivity contribution in [2.75, 3.05) is 18.2 Å². The highest BCUT2D eigenvalue weighted by molar-refractivity contribution is 6.31. The number of halogens is 1. The van der Waals surface area contributed by atoms with E-state index in [2.05, 4.69) is 10.3 Å².